The van der Waals surface area contributed by atoms with Gasteiger partial charge in [-0.2, -0.15) is 13.2 Å². The summed E-state index contributed by atoms with van der Waals surface area (Å²) in [6.07, 6.45) is -2.82. The van der Waals surface area contributed by atoms with Crippen molar-refractivity contribution >= 4 is 20.9 Å². The van der Waals surface area contributed by atoms with E-state index < -0.39 is 21.8 Å². The van der Waals surface area contributed by atoms with Crippen LogP contribution in [0.25, 0.3) is 10.9 Å². The minimum absolute atomic E-state index is 0.208. The molecule has 2 N–H and O–H groups in total. The standard InChI is InChI=1S/C26H26F3N3O3S/c27-26(28,29)21-7-4-6-20(18-21)19-31-14-13-30-15-17-35-25-11-5-10-24-23(25)12-16-32(24)36(33,34)22-8-2-1-3-9-22/h1-12,16,18,30-31H,13-15,17,19H2. The Bertz CT molecular complexity index is 1400. The number of nitrogens with one attached hydrogen (secondary N) is 2. The Hall–Kier alpha value is -3.34. The Kier molecular flexibility index (Phi) is 7.97. The summed E-state index contributed by atoms with van der Waals surface area (Å²) < 4.78 is 71.5. The first kappa shape index (κ1) is 25.7. The van der Waals surface area contributed by atoms with Crippen LogP contribution < -0.4 is 15.4 Å². The molecule has 0 saturated carbocycles. The molecule has 0 radical (unpaired) electrons. The molecule has 0 atom stereocenters. The number of nitrogens with zero attached hydrogens (tertiary/aromatic N) is 1. The number of hydrogen-bond acceptors (Lipinski definition) is 5. The van der Waals surface area contributed by atoms with Gasteiger partial charge < -0.3 is 15.4 Å². The molecule has 190 valence electrons. The van der Waals surface area contributed by atoms with Crippen LogP contribution in [0.2, 0.25) is 0 Å². The molecule has 4 aromatic rings. The lowest BCUT2D eigenvalue weighted by atomic mass is 10.1. The zero-order valence-electron chi connectivity index (χ0n) is 19.3. The molecule has 0 bridgehead atoms. The van der Waals surface area contributed by atoms with E-state index in [-0.39, 0.29) is 4.90 Å². The minimum atomic E-state index is -4.35. The molecule has 1 aromatic heterocycles. The van der Waals surface area contributed by atoms with Gasteiger partial charge in [0.25, 0.3) is 10.0 Å². The van der Waals surface area contributed by atoms with E-state index in [0.717, 1.165) is 12.1 Å². The first-order valence-electron chi connectivity index (χ1n) is 11.4. The van der Waals surface area contributed by atoms with Gasteiger partial charge in [-0.15, -0.1) is 0 Å². The van der Waals surface area contributed by atoms with Crippen LogP contribution >= 0.6 is 0 Å². The van der Waals surface area contributed by atoms with Crippen molar-refractivity contribution in [1.82, 2.24) is 14.6 Å². The van der Waals surface area contributed by atoms with Crippen LogP contribution in [0.4, 0.5) is 13.2 Å². The molecule has 0 saturated heterocycles. The third-order valence-electron chi connectivity index (χ3n) is 5.56. The zero-order valence-corrected chi connectivity index (χ0v) is 20.1. The summed E-state index contributed by atoms with van der Waals surface area (Å²) in [6, 6.07) is 20.5. The molecule has 36 heavy (non-hydrogen) atoms. The van der Waals surface area contributed by atoms with Crippen molar-refractivity contribution in [3.63, 3.8) is 0 Å². The molecule has 6 nitrogen and oxygen atoms in total. The van der Waals surface area contributed by atoms with E-state index >= 15 is 0 Å². The van der Waals surface area contributed by atoms with Gasteiger partial charge in [-0.3, -0.25) is 0 Å². The molecular weight excluding hydrogens is 491 g/mol. The molecular formula is C26H26F3N3O3S. The predicted octanol–water partition coefficient (Wildman–Crippen LogP) is 4.66. The molecule has 0 aliphatic carbocycles. The fraction of sp³-hybridized carbons (Fsp3) is 0.231. The van der Waals surface area contributed by atoms with Crippen LogP contribution in [0.5, 0.6) is 5.75 Å². The lowest BCUT2D eigenvalue weighted by Gasteiger charge is -2.11. The van der Waals surface area contributed by atoms with Crippen molar-refractivity contribution in [2.75, 3.05) is 26.2 Å². The van der Waals surface area contributed by atoms with E-state index in [0.29, 0.717) is 55.0 Å². The molecule has 0 fully saturated rings. The van der Waals surface area contributed by atoms with E-state index in [9.17, 15) is 21.6 Å². The normalized spacial score (nSPS) is 12.2. The van der Waals surface area contributed by atoms with Crippen molar-refractivity contribution in [3.8, 4) is 5.75 Å². The average Bonchev–Trinajstić information content (AvgIpc) is 3.32. The highest BCUT2D eigenvalue weighted by Gasteiger charge is 2.30. The number of rotatable bonds is 11. The Morgan fingerprint density at radius 3 is 2.36 bits per heavy atom. The number of hydrogen-bond donors (Lipinski definition) is 2. The lowest BCUT2D eigenvalue weighted by Crippen LogP contribution is -2.30. The van der Waals surface area contributed by atoms with Crippen LogP contribution in [0, 0.1) is 0 Å². The van der Waals surface area contributed by atoms with Gasteiger partial charge in [-0.25, -0.2) is 12.4 Å². The molecule has 0 aliphatic rings. The smallest absolute Gasteiger partial charge is 0.416 e. The molecule has 0 spiro atoms. The van der Waals surface area contributed by atoms with Crippen molar-refractivity contribution < 1.29 is 26.3 Å². The zero-order chi connectivity index (χ0) is 25.6. The number of aromatic nitrogens is 1. The molecule has 3 aromatic carbocycles. The van der Waals surface area contributed by atoms with Crippen molar-refractivity contribution in [1.29, 1.82) is 0 Å². The molecule has 10 heteroatoms. The SMILES string of the molecule is O=S(=O)(c1ccccc1)n1ccc2c(OCCNCCNCc3cccc(C(F)(F)F)c3)cccc21. The number of alkyl halides is 3. The number of benzene rings is 3. The fourth-order valence-electron chi connectivity index (χ4n) is 3.78. The molecule has 4 rings (SSSR count). The second-order valence-corrected chi connectivity index (χ2v) is 9.91. The quantitative estimate of drug-likeness (QED) is 0.283. The molecule has 0 amide bonds. The van der Waals surface area contributed by atoms with Crippen LogP contribution in [0.15, 0.2) is 90.0 Å². The van der Waals surface area contributed by atoms with E-state index in [4.69, 9.17) is 4.74 Å². The van der Waals surface area contributed by atoms with Gasteiger partial charge in [0.15, 0.2) is 0 Å². The second kappa shape index (κ2) is 11.2. The van der Waals surface area contributed by atoms with Gasteiger partial charge in [0.2, 0.25) is 0 Å². The van der Waals surface area contributed by atoms with E-state index in [2.05, 4.69) is 10.6 Å². The van der Waals surface area contributed by atoms with E-state index in [1.807, 2.05) is 0 Å². The molecule has 1 heterocycles. The van der Waals surface area contributed by atoms with Gasteiger partial charge in [-0.1, -0.05) is 42.5 Å². The van der Waals surface area contributed by atoms with E-state index in [1.54, 1.807) is 60.7 Å². The molecule has 0 unspecified atom stereocenters. The van der Waals surface area contributed by atoms with Crippen LogP contribution in [0.3, 0.4) is 0 Å². The number of fused-ring (bicyclic) bond motifs is 1. The maximum atomic E-state index is 13.0. The van der Waals surface area contributed by atoms with E-state index in [1.165, 1.54) is 16.2 Å². The number of halogens is 3. The van der Waals surface area contributed by atoms with Crippen LogP contribution in [-0.4, -0.2) is 38.6 Å². The first-order valence-corrected chi connectivity index (χ1v) is 12.8. The Morgan fingerprint density at radius 2 is 1.58 bits per heavy atom. The predicted molar refractivity (Wildman–Crippen MR) is 132 cm³/mol. The molecule has 0 aliphatic heterocycles. The third-order valence-corrected chi connectivity index (χ3v) is 7.26. The third kappa shape index (κ3) is 6.07. The maximum Gasteiger partial charge on any atom is 0.416 e. The van der Waals surface area contributed by atoms with Crippen LogP contribution in [-0.2, 0) is 22.7 Å². The summed E-state index contributed by atoms with van der Waals surface area (Å²) in [5, 5.41) is 7.02. The topological polar surface area (TPSA) is 72.4 Å². The average molecular weight is 518 g/mol. The second-order valence-electron chi connectivity index (χ2n) is 8.09. The summed E-state index contributed by atoms with van der Waals surface area (Å²) in [4.78, 5) is 0.208. The van der Waals surface area contributed by atoms with Crippen molar-refractivity contribution in [3.05, 3.63) is 96.2 Å². The summed E-state index contributed by atoms with van der Waals surface area (Å²) in [6.45, 7) is 2.44. The highest BCUT2D eigenvalue weighted by atomic mass is 32.2. The summed E-state index contributed by atoms with van der Waals surface area (Å²) >= 11 is 0. The highest BCUT2D eigenvalue weighted by Crippen LogP contribution is 2.30. The largest absolute Gasteiger partial charge is 0.492 e. The van der Waals surface area contributed by atoms with Crippen molar-refractivity contribution in [2.24, 2.45) is 0 Å². The fourth-order valence-corrected chi connectivity index (χ4v) is 5.15. The Morgan fingerprint density at radius 1 is 0.833 bits per heavy atom. The summed E-state index contributed by atoms with van der Waals surface area (Å²) in [7, 11) is -3.72. The summed E-state index contributed by atoms with van der Waals surface area (Å²) in [5.41, 5.74) is 0.450. The number of ether oxygens (including phenoxy) is 1. The van der Waals surface area contributed by atoms with Crippen LogP contribution in [0.1, 0.15) is 11.1 Å². The Balaban J connectivity index is 1.24. The Labute approximate surface area is 207 Å². The van der Waals surface area contributed by atoms with Gasteiger partial charge in [-0.05, 0) is 42.0 Å². The van der Waals surface area contributed by atoms with Gasteiger partial charge in [0.05, 0.1) is 16.0 Å². The highest BCUT2D eigenvalue weighted by molar-refractivity contribution is 7.90. The van der Waals surface area contributed by atoms with Gasteiger partial charge in [0, 0.05) is 37.8 Å². The van der Waals surface area contributed by atoms with Gasteiger partial charge in [0.1, 0.15) is 12.4 Å². The van der Waals surface area contributed by atoms with Gasteiger partial charge >= 0.3 is 6.18 Å². The first-order chi connectivity index (χ1) is 17.3. The summed E-state index contributed by atoms with van der Waals surface area (Å²) in [5.74, 6) is 0.582. The lowest BCUT2D eigenvalue weighted by molar-refractivity contribution is -0.137. The maximum absolute atomic E-state index is 13.0. The minimum Gasteiger partial charge on any atom is -0.492 e. The monoisotopic (exact) mass is 517 g/mol. The van der Waals surface area contributed by atoms with Crippen molar-refractivity contribution in [2.45, 2.75) is 17.6 Å².